The summed E-state index contributed by atoms with van der Waals surface area (Å²) in [6, 6.07) is 8.57. The summed E-state index contributed by atoms with van der Waals surface area (Å²) >= 11 is 12.0. The van der Waals surface area contributed by atoms with Gasteiger partial charge in [0.1, 0.15) is 10.8 Å². The first-order valence-corrected chi connectivity index (χ1v) is 7.98. The Kier molecular flexibility index (Phi) is 5.00. The summed E-state index contributed by atoms with van der Waals surface area (Å²) in [6.45, 7) is 1.73. The molecule has 2 heterocycles. The number of amides is 1. The third kappa shape index (κ3) is 3.93. The molecule has 0 saturated carbocycles. The quantitative estimate of drug-likeness (QED) is 0.887. The lowest BCUT2D eigenvalue weighted by atomic mass is 10.2. The van der Waals surface area contributed by atoms with Crippen molar-refractivity contribution in [2.75, 3.05) is 13.1 Å². The molecule has 1 aliphatic heterocycles. The Morgan fingerprint density at radius 3 is 2.87 bits per heavy atom. The van der Waals surface area contributed by atoms with E-state index in [-0.39, 0.29) is 11.9 Å². The van der Waals surface area contributed by atoms with Crippen molar-refractivity contribution < 1.29 is 9.53 Å². The molecule has 120 valence electrons. The summed E-state index contributed by atoms with van der Waals surface area (Å²) in [7, 11) is 0. The van der Waals surface area contributed by atoms with Crippen molar-refractivity contribution in [1.82, 2.24) is 15.6 Å². The molecule has 0 radical (unpaired) electrons. The van der Waals surface area contributed by atoms with Crippen LogP contribution in [0, 0.1) is 0 Å². The van der Waals surface area contributed by atoms with Crippen molar-refractivity contribution in [3.8, 4) is 11.6 Å². The fourth-order valence-electron chi connectivity index (χ4n) is 2.30. The van der Waals surface area contributed by atoms with E-state index in [1.807, 2.05) is 0 Å². The van der Waals surface area contributed by atoms with Gasteiger partial charge >= 0.3 is 0 Å². The van der Waals surface area contributed by atoms with Crippen LogP contribution < -0.4 is 15.4 Å². The number of carbonyl (C=O) groups is 1. The van der Waals surface area contributed by atoms with Crippen LogP contribution in [-0.4, -0.2) is 30.0 Å². The number of aromatic nitrogens is 1. The van der Waals surface area contributed by atoms with Gasteiger partial charge in [0, 0.05) is 24.8 Å². The lowest BCUT2D eigenvalue weighted by Crippen LogP contribution is -2.36. The third-order valence-electron chi connectivity index (χ3n) is 3.52. The zero-order valence-corrected chi connectivity index (χ0v) is 13.7. The molecule has 2 aromatic rings. The van der Waals surface area contributed by atoms with E-state index in [4.69, 9.17) is 27.9 Å². The predicted octanol–water partition coefficient (Wildman–Crippen LogP) is 3.27. The molecule has 1 atom stereocenters. The molecule has 1 aliphatic rings. The Labute approximate surface area is 144 Å². The van der Waals surface area contributed by atoms with Crippen molar-refractivity contribution in [1.29, 1.82) is 0 Å². The van der Waals surface area contributed by atoms with E-state index in [0.29, 0.717) is 27.2 Å². The summed E-state index contributed by atoms with van der Waals surface area (Å²) in [6.07, 6.45) is 2.42. The van der Waals surface area contributed by atoms with Gasteiger partial charge in [0.25, 0.3) is 5.91 Å². The van der Waals surface area contributed by atoms with Crippen LogP contribution in [0.1, 0.15) is 16.8 Å². The van der Waals surface area contributed by atoms with Crippen molar-refractivity contribution >= 4 is 29.1 Å². The number of carbonyl (C=O) groups excluding carboxylic acids is 1. The summed E-state index contributed by atoms with van der Waals surface area (Å²) in [4.78, 5) is 16.3. The molecule has 1 aromatic carbocycles. The monoisotopic (exact) mass is 351 g/mol. The van der Waals surface area contributed by atoms with Gasteiger partial charge in [0.2, 0.25) is 5.88 Å². The average Bonchev–Trinajstić information content (AvgIpc) is 3.05. The second kappa shape index (κ2) is 7.17. The normalized spacial score (nSPS) is 17.0. The van der Waals surface area contributed by atoms with E-state index in [9.17, 15) is 4.79 Å². The molecule has 2 N–H and O–H groups in total. The van der Waals surface area contributed by atoms with E-state index in [1.54, 1.807) is 30.3 Å². The third-order valence-corrected chi connectivity index (χ3v) is 4.33. The highest BCUT2D eigenvalue weighted by atomic mass is 35.5. The smallest absolute Gasteiger partial charge is 0.253 e. The minimum absolute atomic E-state index is 0.140. The van der Waals surface area contributed by atoms with Crippen LogP contribution in [-0.2, 0) is 0 Å². The maximum absolute atomic E-state index is 12.1. The van der Waals surface area contributed by atoms with Crippen LogP contribution in [0.15, 0.2) is 36.5 Å². The van der Waals surface area contributed by atoms with Gasteiger partial charge in [-0.25, -0.2) is 4.98 Å². The zero-order chi connectivity index (χ0) is 16.2. The highest BCUT2D eigenvalue weighted by molar-refractivity contribution is 6.42. The van der Waals surface area contributed by atoms with Crippen LogP contribution in [0.4, 0.5) is 0 Å². The first-order chi connectivity index (χ1) is 11.1. The molecule has 7 heteroatoms. The maximum Gasteiger partial charge on any atom is 0.253 e. The Morgan fingerprint density at radius 2 is 2.17 bits per heavy atom. The molecule has 0 aliphatic carbocycles. The van der Waals surface area contributed by atoms with Gasteiger partial charge in [0.15, 0.2) is 0 Å². The Bertz CT molecular complexity index is 701. The molecule has 3 rings (SSSR count). The molecule has 1 unspecified atom stereocenters. The van der Waals surface area contributed by atoms with Crippen molar-refractivity contribution in [2.24, 2.45) is 0 Å². The molecule has 23 heavy (non-hydrogen) atoms. The van der Waals surface area contributed by atoms with Crippen LogP contribution in [0.2, 0.25) is 10.0 Å². The van der Waals surface area contributed by atoms with Crippen molar-refractivity contribution in [3.05, 3.63) is 52.1 Å². The topological polar surface area (TPSA) is 63.2 Å². The fraction of sp³-hybridized carbons (Fsp3) is 0.250. The first-order valence-electron chi connectivity index (χ1n) is 7.23. The molecule has 5 nitrogen and oxygen atoms in total. The number of halogens is 2. The minimum atomic E-state index is -0.140. The number of rotatable bonds is 4. The zero-order valence-electron chi connectivity index (χ0n) is 12.2. The molecule has 1 aromatic heterocycles. The van der Waals surface area contributed by atoms with E-state index in [2.05, 4.69) is 15.6 Å². The first kappa shape index (κ1) is 16.1. The summed E-state index contributed by atoms with van der Waals surface area (Å²) in [5.41, 5.74) is 0.487. The number of hydrogen-bond acceptors (Lipinski definition) is 4. The summed E-state index contributed by atoms with van der Waals surface area (Å²) < 4.78 is 5.59. The number of hydrogen-bond donors (Lipinski definition) is 2. The highest BCUT2D eigenvalue weighted by Gasteiger charge is 2.17. The van der Waals surface area contributed by atoms with Crippen LogP contribution in [0.3, 0.4) is 0 Å². The average molecular weight is 352 g/mol. The van der Waals surface area contributed by atoms with Gasteiger partial charge in [-0.05, 0) is 31.2 Å². The van der Waals surface area contributed by atoms with E-state index >= 15 is 0 Å². The van der Waals surface area contributed by atoms with Crippen LogP contribution in [0.25, 0.3) is 0 Å². The van der Waals surface area contributed by atoms with Gasteiger partial charge in [-0.15, -0.1) is 0 Å². The highest BCUT2D eigenvalue weighted by Crippen LogP contribution is 2.33. The Hall–Kier alpha value is -1.82. The van der Waals surface area contributed by atoms with Gasteiger partial charge in [0.05, 0.1) is 10.6 Å². The van der Waals surface area contributed by atoms with Crippen molar-refractivity contribution in [3.63, 3.8) is 0 Å². The van der Waals surface area contributed by atoms with Gasteiger partial charge in [-0.2, -0.15) is 0 Å². The van der Waals surface area contributed by atoms with E-state index in [0.717, 1.165) is 19.5 Å². The lowest BCUT2D eigenvalue weighted by molar-refractivity contribution is 0.0939. The number of benzene rings is 1. The van der Waals surface area contributed by atoms with Crippen LogP contribution in [0.5, 0.6) is 11.6 Å². The van der Waals surface area contributed by atoms with Crippen LogP contribution >= 0.6 is 23.2 Å². The fourth-order valence-corrected chi connectivity index (χ4v) is 2.63. The SMILES string of the molecule is O=C(NC1CCNC1)c1ccc(Oc2cccc(Cl)c2Cl)nc1. The Morgan fingerprint density at radius 1 is 1.30 bits per heavy atom. The number of pyridine rings is 1. The second-order valence-electron chi connectivity index (χ2n) is 5.20. The molecular weight excluding hydrogens is 337 g/mol. The molecule has 1 fully saturated rings. The van der Waals surface area contributed by atoms with Crippen molar-refractivity contribution in [2.45, 2.75) is 12.5 Å². The molecule has 1 amide bonds. The number of nitrogens with zero attached hydrogens (tertiary/aromatic N) is 1. The maximum atomic E-state index is 12.1. The lowest BCUT2D eigenvalue weighted by Gasteiger charge is -2.11. The van der Waals surface area contributed by atoms with E-state index < -0.39 is 0 Å². The number of nitrogens with one attached hydrogen (secondary N) is 2. The molecule has 0 bridgehead atoms. The molecule has 1 saturated heterocycles. The second-order valence-corrected chi connectivity index (χ2v) is 5.99. The number of ether oxygens (including phenoxy) is 1. The molecular formula is C16H15Cl2N3O2. The minimum Gasteiger partial charge on any atom is -0.437 e. The van der Waals surface area contributed by atoms with E-state index in [1.165, 1.54) is 6.20 Å². The van der Waals surface area contributed by atoms with Gasteiger partial charge in [-0.1, -0.05) is 29.3 Å². The summed E-state index contributed by atoms with van der Waals surface area (Å²) in [5.74, 6) is 0.618. The molecule has 0 spiro atoms. The summed E-state index contributed by atoms with van der Waals surface area (Å²) in [5, 5.41) is 6.90. The predicted molar refractivity (Wildman–Crippen MR) is 89.5 cm³/mol. The largest absolute Gasteiger partial charge is 0.437 e. The van der Waals surface area contributed by atoms with Gasteiger partial charge < -0.3 is 15.4 Å². The Balaban J connectivity index is 1.66. The standard InChI is InChI=1S/C16H15Cl2N3O2/c17-12-2-1-3-13(15(12)18)23-14-5-4-10(8-20-14)16(22)21-11-6-7-19-9-11/h1-5,8,11,19H,6-7,9H2,(H,21,22). The van der Waals surface area contributed by atoms with Gasteiger partial charge in [-0.3, -0.25) is 4.79 Å².